The van der Waals surface area contributed by atoms with E-state index in [-0.39, 0.29) is 6.61 Å². The second-order valence-corrected chi connectivity index (χ2v) is 5.42. The molecule has 1 heterocycles. The molecule has 23 heavy (non-hydrogen) atoms. The number of hydrogen-bond donors (Lipinski definition) is 1. The Balaban J connectivity index is 1.76. The summed E-state index contributed by atoms with van der Waals surface area (Å²) in [6.45, 7) is 0.464. The van der Waals surface area contributed by atoms with E-state index in [1.165, 1.54) is 4.90 Å². The van der Waals surface area contributed by atoms with Crippen molar-refractivity contribution in [2.75, 3.05) is 6.54 Å². The molecule has 1 aliphatic rings. The average molecular weight is 311 g/mol. The average Bonchev–Trinajstić information content (AvgIpc) is 2.59. The number of rotatable bonds is 3. The number of carbonyl (C=O) groups excluding carboxylic acids is 1. The number of amides is 1. The quantitative estimate of drug-likeness (QED) is 0.946. The molecule has 0 saturated heterocycles. The maximum absolute atomic E-state index is 12.3. The number of hydrogen-bond acceptors (Lipinski definition) is 3. The molecule has 118 valence electrons. The van der Waals surface area contributed by atoms with Crippen LogP contribution in [0.15, 0.2) is 54.6 Å². The zero-order chi connectivity index (χ0) is 16.2. The summed E-state index contributed by atoms with van der Waals surface area (Å²) in [5.41, 5.74) is 2.49. The first-order valence-electron chi connectivity index (χ1n) is 7.45. The van der Waals surface area contributed by atoms with Gasteiger partial charge in [0.2, 0.25) is 0 Å². The Labute approximate surface area is 134 Å². The van der Waals surface area contributed by atoms with Gasteiger partial charge in [0.1, 0.15) is 6.61 Å². The lowest BCUT2D eigenvalue weighted by Gasteiger charge is -2.33. The van der Waals surface area contributed by atoms with Crippen molar-refractivity contribution < 1.29 is 19.4 Å². The Morgan fingerprint density at radius 1 is 1.09 bits per heavy atom. The van der Waals surface area contributed by atoms with Gasteiger partial charge in [0.25, 0.3) is 0 Å². The molecule has 1 amide bonds. The number of carbonyl (C=O) groups is 2. The monoisotopic (exact) mass is 311 g/mol. The van der Waals surface area contributed by atoms with Crippen LogP contribution in [0.1, 0.15) is 22.7 Å². The molecule has 3 rings (SSSR count). The van der Waals surface area contributed by atoms with E-state index in [4.69, 9.17) is 4.74 Å². The molecular weight excluding hydrogens is 294 g/mol. The summed E-state index contributed by atoms with van der Waals surface area (Å²) in [5, 5.41) is 9.54. The highest BCUT2D eigenvalue weighted by Gasteiger charge is 2.36. The summed E-state index contributed by atoms with van der Waals surface area (Å²) in [5.74, 6) is -1.05. The van der Waals surface area contributed by atoms with Crippen LogP contribution in [0.25, 0.3) is 0 Å². The fraction of sp³-hybridized carbons (Fsp3) is 0.222. The Bertz CT molecular complexity index is 714. The van der Waals surface area contributed by atoms with Crippen LogP contribution in [0.5, 0.6) is 0 Å². The molecular formula is C18H17NO4. The van der Waals surface area contributed by atoms with E-state index < -0.39 is 18.1 Å². The fourth-order valence-electron chi connectivity index (χ4n) is 2.83. The van der Waals surface area contributed by atoms with Gasteiger partial charge in [-0.25, -0.2) is 9.59 Å². The molecule has 0 aliphatic carbocycles. The summed E-state index contributed by atoms with van der Waals surface area (Å²) in [7, 11) is 0. The van der Waals surface area contributed by atoms with Crippen molar-refractivity contribution in [3.05, 3.63) is 71.3 Å². The molecule has 0 bridgehead atoms. The first-order chi connectivity index (χ1) is 11.2. The number of nitrogens with zero attached hydrogens (tertiary/aromatic N) is 1. The SMILES string of the molecule is O=C(O)[C@@H]1c2ccccc2CCN1C(=O)OCc1ccccc1. The van der Waals surface area contributed by atoms with Crippen LogP contribution >= 0.6 is 0 Å². The van der Waals surface area contributed by atoms with Gasteiger partial charge in [0, 0.05) is 6.54 Å². The normalized spacial score (nSPS) is 16.5. The van der Waals surface area contributed by atoms with Crippen molar-refractivity contribution in [1.82, 2.24) is 4.90 Å². The first-order valence-corrected chi connectivity index (χ1v) is 7.45. The van der Waals surface area contributed by atoms with E-state index in [0.29, 0.717) is 18.5 Å². The lowest BCUT2D eigenvalue weighted by molar-refractivity contribution is -0.143. The van der Waals surface area contributed by atoms with Gasteiger partial charge in [0.05, 0.1) is 0 Å². The molecule has 1 aliphatic heterocycles. The van der Waals surface area contributed by atoms with E-state index >= 15 is 0 Å². The number of carboxylic acid groups (broad SMARTS) is 1. The van der Waals surface area contributed by atoms with Crippen molar-refractivity contribution in [2.45, 2.75) is 19.1 Å². The summed E-state index contributed by atoms with van der Waals surface area (Å²) in [4.78, 5) is 25.3. The van der Waals surface area contributed by atoms with Gasteiger partial charge in [0.15, 0.2) is 6.04 Å². The molecule has 0 spiro atoms. The van der Waals surface area contributed by atoms with Crippen LogP contribution in [0.2, 0.25) is 0 Å². The molecule has 0 unspecified atom stereocenters. The number of fused-ring (bicyclic) bond motifs is 1. The van der Waals surface area contributed by atoms with E-state index in [2.05, 4.69) is 0 Å². The highest BCUT2D eigenvalue weighted by molar-refractivity contribution is 5.82. The van der Waals surface area contributed by atoms with Crippen molar-refractivity contribution in [1.29, 1.82) is 0 Å². The minimum Gasteiger partial charge on any atom is -0.479 e. The third kappa shape index (κ3) is 3.18. The van der Waals surface area contributed by atoms with Crippen molar-refractivity contribution in [3.8, 4) is 0 Å². The van der Waals surface area contributed by atoms with Crippen LogP contribution in [-0.4, -0.2) is 28.6 Å². The molecule has 2 aromatic rings. The van der Waals surface area contributed by atoms with Crippen LogP contribution in [0.4, 0.5) is 4.79 Å². The fourth-order valence-corrected chi connectivity index (χ4v) is 2.83. The van der Waals surface area contributed by atoms with E-state index in [0.717, 1.165) is 11.1 Å². The molecule has 1 N–H and O–H groups in total. The maximum atomic E-state index is 12.3. The van der Waals surface area contributed by atoms with Crippen molar-refractivity contribution in [3.63, 3.8) is 0 Å². The third-order valence-corrected chi connectivity index (χ3v) is 3.96. The lowest BCUT2D eigenvalue weighted by Crippen LogP contribution is -2.43. The summed E-state index contributed by atoms with van der Waals surface area (Å²) in [6.07, 6.45) is 0.0242. The van der Waals surface area contributed by atoms with Gasteiger partial charge in [-0.05, 0) is 23.1 Å². The minimum absolute atomic E-state index is 0.129. The number of ether oxygens (including phenoxy) is 1. The van der Waals surface area contributed by atoms with Crippen molar-refractivity contribution in [2.24, 2.45) is 0 Å². The predicted octanol–water partition coefficient (Wildman–Crippen LogP) is 3.01. The minimum atomic E-state index is -1.05. The van der Waals surface area contributed by atoms with E-state index in [1.54, 1.807) is 12.1 Å². The van der Waals surface area contributed by atoms with E-state index in [1.807, 2.05) is 42.5 Å². The van der Waals surface area contributed by atoms with Gasteiger partial charge < -0.3 is 9.84 Å². The molecule has 0 fully saturated rings. The molecule has 0 saturated carbocycles. The second kappa shape index (κ2) is 6.52. The Kier molecular flexibility index (Phi) is 4.28. The Morgan fingerprint density at radius 2 is 1.78 bits per heavy atom. The second-order valence-electron chi connectivity index (χ2n) is 5.42. The third-order valence-electron chi connectivity index (χ3n) is 3.96. The van der Waals surface area contributed by atoms with Gasteiger partial charge >= 0.3 is 12.1 Å². The largest absolute Gasteiger partial charge is 0.479 e. The van der Waals surface area contributed by atoms with Crippen LogP contribution in [0.3, 0.4) is 0 Å². The van der Waals surface area contributed by atoms with Gasteiger partial charge in [-0.3, -0.25) is 4.90 Å². The smallest absolute Gasteiger partial charge is 0.411 e. The van der Waals surface area contributed by atoms with Crippen molar-refractivity contribution >= 4 is 12.1 Å². The standard InChI is InChI=1S/C18H17NO4/c20-17(21)16-15-9-5-4-8-14(15)10-11-19(16)18(22)23-12-13-6-2-1-3-7-13/h1-9,16H,10-12H2,(H,20,21)/t16-/m0/s1. The number of aliphatic carboxylic acids is 1. The molecule has 0 aromatic heterocycles. The van der Waals surface area contributed by atoms with Gasteiger partial charge in [-0.15, -0.1) is 0 Å². The Morgan fingerprint density at radius 3 is 2.52 bits per heavy atom. The number of carboxylic acids is 1. The van der Waals surface area contributed by atoms with E-state index in [9.17, 15) is 14.7 Å². The lowest BCUT2D eigenvalue weighted by atomic mass is 9.93. The molecule has 5 heteroatoms. The maximum Gasteiger partial charge on any atom is 0.411 e. The number of benzene rings is 2. The molecule has 5 nitrogen and oxygen atoms in total. The summed E-state index contributed by atoms with van der Waals surface area (Å²) < 4.78 is 5.29. The molecule has 1 atom stereocenters. The highest BCUT2D eigenvalue weighted by atomic mass is 16.6. The Hall–Kier alpha value is -2.82. The topological polar surface area (TPSA) is 66.8 Å². The summed E-state index contributed by atoms with van der Waals surface area (Å²) >= 11 is 0. The zero-order valence-corrected chi connectivity index (χ0v) is 12.5. The first kappa shape index (κ1) is 15.1. The van der Waals surface area contributed by atoms with Crippen LogP contribution in [-0.2, 0) is 22.6 Å². The predicted molar refractivity (Wildman–Crippen MR) is 83.9 cm³/mol. The van der Waals surface area contributed by atoms with Gasteiger partial charge in [-0.2, -0.15) is 0 Å². The van der Waals surface area contributed by atoms with Gasteiger partial charge in [-0.1, -0.05) is 54.6 Å². The van der Waals surface area contributed by atoms with Crippen LogP contribution < -0.4 is 0 Å². The molecule has 0 radical (unpaired) electrons. The summed E-state index contributed by atoms with van der Waals surface area (Å²) in [6, 6.07) is 15.6. The zero-order valence-electron chi connectivity index (χ0n) is 12.5. The highest BCUT2D eigenvalue weighted by Crippen LogP contribution is 2.30. The molecule has 2 aromatic carbocycles. The van der Waals surface area contributed by atoms with Crippen LogP contribution in [0, 0.1) is 0 Å².